The molecule has 0 saturated carbocycles. The van der Waals surface area contributed by atoms with Crippen molar-refractivity contribution in [2.45, 2.75) is 6.92 Å². The van der Waals surface area contributed by atoms with E-state index in [9.17, 15) is 0 Å². The molecule has 4 nitrogen and oxygen atoms in total. The molecule has 2 aromatic rings. The van der Waals surface area contributed by atoms with Gasteiger partial charge in [-0.3, -0.25) is 0 Å². The zero-order valence-electron chi connectivity index (χ0n) is 8.82. The van der Waals surface area contributed by atoms with E-state index in [1.165, 1.54) is 11.5 Å². The van der Waals surface area contributed by atoms with Crippen LogP contribution in [-0.2, 0) is 0 Å². The first-order chi connectivity index (χ1) is 8.06. The SMILES string of the molecule is Cc1nnsc1C(N)=Nc1cc(Cl)cc(Cl)c1. The molecule has 1 aromatic carbocycles. The van der Waals surface area contributed by atoms with E-state index in [4.69, 9.17) is 28.9 Å². The zero-order valence-corrected chi connectivity index (χ0v) is 11.1. The fourth-order valence-corrected chi connectivity index (χ4v) is 2.33. The minimum atomic E-state index is 0.357. The summed E-state index contributed by atoms with van der Waals surface area (Å²) in [5.74, 6) is 0.357. The highest BCUT2D eigenvalue weighted by Crippen LogP contribution is 2.25. The van der Waals surface area contributed by atoms with Crippen molar-refractivity contribution >= 4 is 46.3 Å². The molecular weight excluding hydrogens is 279 g/mol. The van der Waals surface area contributed by atoms with Crippen LogP contribution < -0.4 is 5.73 Å². The first kappa shape index (κ1) is 12.3. The molecule has 2 N–H and O–H groups in total. The van der Waals surface area contributed by atoms with E-state index in [1.807, 2.05) is 6.92 Å². The zero-order chi connectivity index (χ0) is 12.4. The quantitative estimate of drug-likeness (QED) is 0.681. The van der Waals surface area contributed by atoms with Crippen molar-refractivity contribution in [2.24, 2.45) is 10.7 Å². The average molecular weight is 287 g/mol. The lowest BCUT2D eigenvalue weighted by Crippen LogP contribution is -2.12. The summed E-state index contributed by atoms with van der Waals surface area (Å²) in [6.45, 7) is 1.83. The number of aromatic nitrogens is 2. The smallest absolute Gasteiger partial charge is 0.145 e. The molecule has 0 spiro atoms. The van der Waals surface area contributed by atoms with Crippen molar-refractivity contribution in [3.8, 4) is 0 Å². The summed E-state index contributed by atoms with van der Waals surface area (Å²) in [6, 6.07) is 5.01. The summed E-state index contributed by atoms with van der Waals surface area (Å²) >= 11 is 12.9. The van der Waals surface area contributed by atoms with Crippen LogP contribution in [0.3, 0.4) is 0 Å². The summed E-state index contributed by atoms with van der Waals surface area (Å²) < 4.78 is 3.80. The van der Waals surface area contributed by atoms with E-state index in [1.54, 1.807) is 18.2 Å². The second kappa shape index (κ2) is 5.00. The molecule has 0 atom stereocenters. The van der Waals surface area contributed by atoms with Crippen LogP contribution in [0.1, 0.15) is 10.6 Å². The molecular formula is C10H8Cl2N4S. The van der Waals surface area contributed by atoms with Crippen molar-refractivity contribution < 1.29 is 0 Å². The Kier molecular flexibility index (Phi) is 3.61. The van der Waals surface area contributed by atoms with Gasteiger partial charge in [0, 0.05) is 10.0 Å². The van der Waals surface area contributed by atoms with Gasteiger partial charge >= 0.3 is 0 Å². The second-order valence-corrected chi connectivity index (χ2v) is 4.94. The lowest BCUT2D eigenvalue weighted by Gasteiger charge is -2.00. The Morgan fingerprint density at radius 3 is 2.47 bits per heavy atom. The number of nitrogens with zero attached hydrogens (tertiary/aromatic N) is 3. The van der Waals surface area contributed by atoms with Gasteiger partial charge in [0.2, 0.25) is 0 Å². The molecule has 1 aromatic heterocycles. The van der Waals surface area contributed by atoms with E-state index in [0.29, 0.717) is 21.6 Å². The number of rotatable bonds is 2. The van der Waals surface area contributed by atoms with Crippen molar-refractivity contribution in [2.75, 3.05) is 0 Å². The summed E-state index contributed by atoms with van der Waals surface area (Å²) in [4.78, 5) is 4.99. The van der Waals surface area contributed by atoms with Crippen LogP contribution in [0.4, 0.5) is 5.69 Å². The van der Waals surface area contributed by atoms with Gasteiger partial charge in [0.1, 0.15) is 10.7 Å². The third-order valence-electron chi connectivity index (χ3n) is 1.98. The topological polar surface area (TPSA) is 64.2 Å². The third-order valence-corrected chi connectivity index (χ3v) is 3.27. The van der Waals surface area contributed by atoms with E-state index in [0.717, 1.165) is 10.6 Å². The predicted molar refractivity (Wildman–Crippen MR) is 71.5 cm³/mol. The van der Waals surface area contributed by atoms with Crippen LogP contribution in [0.2, 0.25) is 10.0 Å². The predicted octanol–water partition coefficient (Wildman–Crippen LogP) is 3.19. The summed E-state index contributed by atoms with van der Waals surface area (Å²) in [6.07, 6.45) is 0. The summed E-state index contributed by atoms with van der Waals surface area (Å²) in [5, 5.41) is 4.90. The minimum absolute atomic E-state index is 0.357. The lowest BCUT2D eigenvalue weighted by atomic mass is 10.3. The molecule has 0 aliphatic heterocycles. The van der Waals surface area contributed by atoms with Crippen molar-refractivity contribution in [3.05, 3.63) is 38.8 Å². The molecule has 0 aliphatic carbocycles. The van der Waals surface area contributed by atoms with Crippen LogP contribution >= 0.6 is 34.7 Å². The highest BCUT2D eigenvalue weighted by Gasteiger charge is 2.07. The number of benzene rings is 1. The number of aliphatic imine (C=N–C) groups is 1. The molecule has 0 bridgehead atoms. The maximum atomic E-state index is 5.87. The molecule has 0 amide bonds. The Balaban J connectivity index is 2.39. The van der Waals surface area contributed by atoms with Crippen LogP contribution in [0.5, 0.6) is 0 Å². The van der Waals surface area contributed by atoms with Gasteiger partial charge in [-0.05, 0) is 36.7 Å². The Morgan fingerprint density at radius 2 is 1.94 bits per heavy atom. The Morgan fingerprint density at radius 1 is 1.29 bits per heavy atom. The molecule has 7 heteroatoms. The van der Waals surface area contributed by atoms with Gasteiger partial charge < -0.3 is 5.73 Å². The molecule has 2 rings (SSSR count). The third kappa shape index (κ3) is 2.94. The van der Waals surface area contributed by atoms with E-state index >= 15 is 0 Å². The number of nitrogens with two attached hydrogens (primary N) is 1. The maximum Gasteiger partial charge on any atom is 0.145 e. The number of amidine groups is 1. The van der Waals surface area contributed by atoms with Crippen LogP contribution in [-0.4, -0.2) is 15.4 Å². The first-order valence-corrected chi connectivity index (χ1v) is 6.19. The van der Waals surface area contributed by atoms with Gasteiger partial charge in [0.15, 0.2) is 0 Å². The number of halogens is 2. The van der Waals surface area contributed by atoms with Crippen molar-refractivity contribution in [1.29, 1.82) is 0 Å². The molecule has 0 unspecified atom stereocenters. The largest absolute Gasteiger partial charge is 0.382 e. The van der Waals surface area contributed by atoms with Gasteiger partial charge in [0.25, 0.3) is 0 Å². The molecule has 88 valence electrons. The van der Waals surface area contributed by atoms with Gasteiger partial charge in [-0.15, -0.1) is 5.10 Å². The number of aryl methyl sites for hydroxylation is 1. The number of hydrogen-bond acceptors (Lipinski definition) is 4. The molecule has 1 heterocycles. The molecule has 0 saturated heterocycles. The highest BCUT2D eigenvalue weighted by molar-refractivity contribution is 7.08. The van der Waals surface area contributed by atoms with Crippen molar-refractivity contribution in [3.63, 3.8) is 0 Å². The van der Waals surface area contributed by atoms with E-state index < -0.39 is 0 Å². The molecule has 0 aliphatic rings. The standard InChI is InChI=1S/C10H8Cl2N4S/c1-5-9(17-16-15-5)10(13)14-8-3-6(11)2-7(12)4-8/h2-4H,1H3,(H2,13,14). The number of hydrogen-bond donors (Lipinski definition) is 1. The lowest BCUT2D eigenvalue weighted by molar-refractivity contribution is 1.09. The minimum Gasteiger partial charge on any atom is -0.382 e. The van der Waals surface area contributed by atoms with Crippen LogP contribution in [0.15, 0.2) is 23.2 Å². The van der Waals surface area contributed by atoms with Gasteiger partial charge in [0.05, 0.1) is 11.4 Å². The normalized spacial score (nSPS) is 11.8. The first-order valence-electron chi connectivity index (χ1n) is 4.66. The molecule has 17 heavy (non-hydrogen) atoms. The summed E-state index contributed by atoms with van der Waals surface area (Å²) in [7, 11) is 0. The Hall–Kier alpha value is -1.17. The van der Waals surface area contributed by atoms with Gasteiger partial charge in [-0.1, -0.05) is 27.7 Å². The Bertz CT molecular complexity index is 559. The van der Waals surface area contributed by atoms with Gasteiger partial charge in [-0.25, -0.2) is 4.99 Å². The van der Waals surface area contributed by atoms with E-state index in [-0.39, 0.29) is 0 Å². The monoisotopic (exact) mass is 286 g/mol. The van der Waals surface area contributed by atoms with E-state index in [2.05, 4.69) is 14.6 Å². The highest BCUT2D eigenvalue weighted by atomic mass is 35.5. The van der Waals surface area contributed by atoms with Crippen molar-refractivity contribution in [1.82, 2.24) is 9.59 Å². The van der Waals surface area contributed by atoms with Crippen LogP contribution in [0, 0.1) is 6.92 Å². The Labute approximate surface area is 112 Å². The average Bonchev–Trinajstić information content (AvgIpc) is 2.62. The fourth-order valence-electron chi connectivity index (χ4n) is 1.26. The van der Waals surface area contributed by atoms with Crippen LogP contribution in [0.25, 0.3) is 0 Å². The maximum absolute atomic E-state index is 5.87. The fraction of sp³-hybridized carbons (Fsp3) is 0.100. The molecule has 0 fully saturated rings. The molecule has 0 radical (unpaired) electrons. The second-order valence-electron chi connectivity index (χ2n) is 3.31. The summed E-state index contributed by atoms with van der Waals surface area (Å²) in [5.41, 5.74) is 7.23. The van der Waals surface area contributed by atoms with Gasteiger partial charge in [-0.2, -0.15) is 0 Å².